The van der Waals surface area contributed by atoms with E-state index < -0.39 is 23.6 Å². The molecule has 2 heterocycles. The van der Waals surface area contributed by atoms with Crippen molar-refractivity contribution in [2.75, 3.05) is 5.73 Å². The fraction of sp³-hybridized carbons (Fsp3) is 0.617. The van der Waals surface area contributed by atoms with Crippen LogP contribution in [0.2, 0.25) is 0 Å². The first-order valence-corrected chi connectivity index (χ1v) is 21.8. The number of anilines is 1. The number of aromatic nitrogens is 2. The standard InChI is InChI=1S/C47H67N3O7/c1-2-3-5-10-31-13-14-32(43(54)23-31)11-6-4-7-12-40(45(55)56)42(53)17-21-47(57)30-36(46(19-8-9-20-46)34-18-22-49-44(48)28-34)26-35(47)27-37-15-16-41(50-37)33-24-38(51)29-39(52)25-33/h13-16,18,22,24-25,28-29,31-32,35-36,40,42-43,50-54,57H,2-12,17,19-21,23,26-27,30H2,1H3,(H2,48,49)(H,55,56)/p-1. The average Bonchev–Trinajstić information content (AvgIpc) is 3.93. The molecule has 2 saturated carbocycles. The number of nitrogens with zero attached hydrogens (tertiary/aromatic N) is 1. The zero-order chi connectivity index (χ0) is 40.6. The van der Waals surface area contributed by atoms with Crippen molar-refractivity contribution in [2.24, 2.45) is 29.6 Å². The Morgan fingerprint density at radius 2 is 1.79 bits per heavy atom. The van der Waals surface area contributed by atoms with Gasteiger partial charge in [0.25, 0.3) is 0 Å². The highest BCUT2D eigenvalue weighted by Gasteiger charge is 2.54. The van der Waals surface area contributed by atoms with E-state index >= 15 is 0 Å². The summed E-state index contributed by atoms with van der Waals surface area (Å²) in [5.41, 5.74) is 8.23. The number of benzene rings is 1. The molecule has 10 nitrogen and oxygen atoms in total. The number of nitrogen functional groups attached to an aromatic ring is 1. The molecule has 0 spiro atoms. The molecule has 10 heteroatoms. The minimum Gasteiger partial charge on any atom is -0.872 e. The normalized spacial score (nSPS) is 26.8. The number of rotatable bonds is 20. The van der Waals surface area contributed by atoms with Gasteiger partial charge >= 0.3 is 5.97 Å². The zero-order valence-electron chi connectivity index (χ0n) is 33.8. The minimum absolute atomic E-state index is 0.0960. The number of aliphatic hydroxyl groups excluding tert-OH is 2. The Kier molecular flexibility index (Phi) is 14.4. The van der Waals surface area contributed by atoms with Crippen LogP contribution in [0.1, 0.15) is 134 Å². The predicted molar refractivity (Wildman–Crippen MR) is 221 cm³/mol. The number of aromatic amines is 1. The maximum Gasteiger partial charge on any atom is 0.309 e. The van der Waals surface area contributed by atoms with Gasteiger partial charge in [-0.2, -0.15) is 0 Å². The molecule has 312 valence electrons. The van der Waals surface area contributed by atoms with E-state index in [4.69, 9.17) is 5.73 Å². The summed E-state index contributed by atoms with van der Waals surface area (Å²) < 4.78 is 0. The van der Waals surface area contributed by atoms with Crippen LogP contribution in [-0.2, 0) is 16.6 Å². The number of aromatic hydroxyl groups is 1. The van der Waals surface area contributed by atoms with Crippen molar-refractivity contribution in [2.45, 2.75) is 152 Å². The Morgan fingerprint density at radius 3 is 2.51 bits per heavy atom. The summed E-state index contributed by atoms with van der Waals surface area (Å²) in [7, 11) is 0. The number of H-pyrrole nitrogens is 1. The molecule has 6 rings (SSSR count). The molecule has 3 aliphatic carbocycles. The van der Waals surface area contributed by atoms with Crippen LogP contribution in [0.4, 0.5) is 5.82 Å². The number of pyridine rings is 1. The zero-order valence-corrected chi connectivity index (χ0v) is 33.8. The lowest BCUT2D eigenvalue weighted by Crippen LogP contribution is -2.38. The summed E-state index contributed by atoms with van der Waals surface area (Å²) in [6, 6.07) is 12.1. The molecule has 0 bridgehead atoms. The summed E-state index contributed by atoms with van der Waals surface area (Å²) in [6.45, 7) is 2.20. The molecule has 0 radical (unpaired) electrons. The van der Waals surface area contributed by atoms with Crippen LogP contribution in [0, 0.1) is 29.6 Å². The number of phenols is 1. The summed E-state index contributed by atoms with van der Waals surface area (Å²) in [5, 5.41) is 67.3. The number of aliphatic carboxylic acids is 1. The molecule has 0 amide bonds. The molecule has 0 saturated heterocycles. The molecular weight excluding hydrogens is 719 g/mol. The number of nitrogens with two attached hydrogens (primary N) is 1. The summed E-state index contributed by atoms with van der Waals surface area (Å²) in [6.07, 6.45) is 20.5. The van der Waals surface area contributed by atoms with Crippen LogP contribution in [0.5, 0.6) is 11.5 Å². The van der Waals surface area contributed by atoms with Gasteiger partial charge in [-0.1, -0.05) is 76.5 Å². The SMILES string of the molecule is CCCCCC1C=CC(CCCCCC(C(=O)O)C(O)CCC2(O)CC(C3(c4ccnc(N)c4)CCCC3)CC2Cc2ccc(-c3cc([O-])cc(O)c3)[nH]2)C(O)C1. The fourth-order valence-electron chi connectivity index (χ4n) is 10.8. The number of carboxylic acids is 1. The Bertz CT molecular complexity index is 1770. The highest BCUT2D eigenvalue weighted by molar-refractivity contribution is 5.70. The number of carbonyl (C=O) groups is 1. The Balaban J connectivity index is 1.10. The van der Waals surface area contributed by atoms with Gasteiger partial charge < -0.3 is 41.4 Å². The second-order valence-corrected chi connectivity index (χ2v) is 17.9. The van der Waals surface area contributed by atoms with Crippen molar-refractivity contribution in [1.29, 1.82) is 0 Å². The third-order valence-electron chi connectivity index (χ3n) is 14.0. The minimum atomic E-state index is -1.15. The molecular formula is C47H66N3O7-. The van der Waals surface area contributed by atoms with E-state index in [1.54, 1.807) is 12.3 Å². The monoisotopic (exact) mass is 784 g/mol. The Hall–Kier alpha value is -3.86. The van der Waals surface area contributed by atoms with Crippen LogP contribution in [0.25, 0.3) is 11.3 Å². The maximum absolute atomic E-state index is 12.7. The number of hydrogen-bond acceptors (Lipinski definition) is 8. The van der Waals surface area contributed by atoms with Crippen molar-refractivity contribution < 1.29 is 35.4 Å². The molecule has 2 aromatic heterocycles. The van der Waals surface area contributed by atoms with Gasteiger partial charge in [-0.3, -0.25) is 4.79 Å². The summed E-state index contributed by atoms with van der Waals surface area (Å²) in [5.74, 6) is -1.25. The van der Waals surface area contributed by atoms with Gasteiger partial charge in [-0.15, -0.1) is 5.75 Å². The third kappa shape index (κ3) is 10.6. The van der Waals surface area contributed by atoms with Gasteiger partial charge in [0.05, 0.1) is 23.7 Å². The van der Waals surface area contributed by atoms with Gasteiger partial charge in [0.15, 0.2) is 0 Å². The van der Waals surface area contributed by atoms with E-state index in [1.807, 2.05) is 18.2 Å². The molecule has 8 atom stereocenters. The van der Waals surface area contributed by atoms with Crippen LogP contribution in [-0.4, -0.2) is 59.3 Å². The second-order valence-electron chi connectivity index (χ2n) is 17.9. The number of carboxylic acid groups (broad SMARTS) is 1. The van der Waals surface area contributed by atoms with Crippen LogP contribution in [0.3, 0.4) is 0 Å². The van der Waals surface area contributed by atoms with E-state index in [1.165, 1.54) is 31.4 Å². The van der Waals surface area contributed by atoms with Crippen LogP contribution in [0.15, 0.2) is 60.8 Å². The smallest absolute Gasteiger partial charge is 0.309 e. The predicted octanol–water partition coefficient (Wildman–Crippen LogP) is 8.18. The van der Waals surface area contributed by atoms with E-state index in [2.05, 4.69) is 35.1 Å². The van der Waals surface area contributed by atoms with Gasteiger partial charge in [0.1, 0.15) is 11.6 Å². The average molecular weight is 785 g/mol. The first kappa shape index (κ1) is 42.7. The van der Waals surface area contributed by atoms with E-state index in [0.717, 1.165) is 75.5 Å². The molecule has 3 aliphatic rings. The van der Waals surface area contributed by atoms with Crippen molar-refractivity contribution in [3.05, 3.63) is 72.1 Å². The lowest BCUT2D eigenvalue weighted by Gasteiger charge is -2.37. The van der Waals surface area contributed by atoms with E-state index in [-0.39, 0.29) is 53.6 Å². The molecule has 2 fully saturated rings. The van der Waals surface area contributed by atoms with Gasteiger partial charge in [-0.25, -0.2) is 4.98 Å². The first-order valence-electron chi connectivity index (χ1n) is 21.8. The Labute approximate surface area is 338 Å². The van der Waals surface area contributed by atoms with Crippen molar-refractivity contribution in [3.8, 4) is 22.8 Å². The second kappa shape index (κ2) is 19.3. The Morgan fingerprint density at radius 1 is 1.00 bits per heavy atom. The third-order valence-corrected chi connectivity index (χ3v) is 14.0. The molecule has 0 aliphatic heterocycles. The number of hydrogen-bond donors (Lipinski definition) is 7. The quantitative estimate of drug-likeness (QED) is 0.0437. The van der Waals surface area contributed by atoms with Crippen molar-refractivity contribution >= 4 is 11.8 Å². The van der Waals surface area contributed by atoms with Gasteiger partial charge in [-0.05, 0) is 136 Å². The number of aliphatic hydroxyl groups is 3. The molecule has 8 unspecified atom stereocenters. The number of phenolic OH excluding ortho intramolecular Hbond substituents is 1. The lowest BCUT2D eigenvalue weighted by atomic mass is 9.67. The van der Waals surface area contributed by atoms with Crippen molar-refractivity contribution in [3.63, 3.8) is 0 Å². The number of allylic oxidation sites excluding steroid dienone is 1. The van der Waals surface area contributed by atoms with Crippen molar-refractivity contribution in [1.82, 2.24) is 9.97 Å². The lowest BCUT2D eigenvalue weighted by molar-refractivity contribution is -0.268. The van der Waals surface area contributed by atoms with Crippen LogP contribution < -0.4 is 10.8 Å². The number of nitrogens with one attached hydrogen (secondary N) is 1. The van der Waals surface area contributed by atoms with E-state index in [9.17, 15) is 35.4 Å². The molecule has 3 aromatic rings. The fourth-order valence-corrected chi connectivity index (χ4v) is 10.8. The number of unbranched alkanes of at least 4 members (excludes halogenated alkanes) is 4. The molecule has 57 heavy (non-hydrogen) atoms. The van der Waals surface area contributed by atoms with E-state index in [0.29, 0.717) is 48.7 Å². The molecule has 8 N–H and O–H groups in total. The topological polar surface area (TPSA) is 196 Å². The molecule has 1 aromatic carbocycles. The highest BCUT2D eigenvalue weighted by Crippen LogP contribution is 2.57. The highest BCUT2D eigenvalue weighted by atomic mass is 16.4. The van der Waals surface area contributed by atoms with Crippen LogP contribution >= 0.6 is 0 Å². The van der Waals surface area contributed by atoms with Gasteiger partial charge in [0, 0.05) is 29.1 Å². The first-order chi connectivity index (χ1) is 27.4. The summed E-state index contributed by atoms with van der Waals surface area (Å²) >= 11 is 0. The maximum atomic E-state index is 12.7. The van der Waals surface area contributed by atoms with Gasteiger partial charge in [0.2, 0.25) is 0 Å². The largest absolute Gasteiger partial charge is 0.872 e. The summed E-state index contributed by atoms with van der Waals surface area (Å²) in [4.78, 5) is 20.2.